The molecule has 1 amide bonds. The van der Waals surface area contributed by atoms with E-state index in [9.17, 15) is 4.79 Å². The van der Waals surface area contributed by atoms with Crippen LogP contribution in [0.15, 0.2) is 18.2 Å². The maximum atomic E-state index is 11.9. The van der Waals surface area contributed by atoms with Crippen LogP contribution >= 0.6 is 0 Å². The van der Waals surface area contributed by atoms with Crippen LogP contribution < -0.4 is 16.0 Å². The topological polar surface area (TPSA) is 58.4 Å². The fraction of sp³-hybridized carbons (Fsp3) is 0.500. The number of carbonyl (C=O) groups is 1. The van der Waals surface area contributed by atoms with Gasteiger partial charge in [0.15, 0.2) is 0 Å². The van der Waals surface area contributed by atoms with Crippen molar-refractivity contribution in [1.29, 1.82) is 0 Å². The van der Waals surface area contributed by atoms with E-state index in [-0.39, 0.29) is 5.91 Å². The Morgan fingerprint density at radius 1 is 1.33 bits per heavy atom. The fourth-order valence-corrected chi connectivity index (χ4v) is 2.35. The van der Waals surface area contributed by atoms with Gasteiger partial charge in [0.05, 0.1) is 5.56 Å². The Morgan fingerprint density at radius 3 is 2.72 bits per heavy atom. The second kappa shape index (κ2) is 5.76. The molecule has 1 aliphatic heterocycles. The van der Waals surface area contributed by atoms with Crippen LogP contribution in [0.2, 0.25) is 0 Å². The molecule has 0 radical (unpaired) electrons. The molecule has 98 valence electrons. The van der Waals surface area contributed by atoms with Gasteiger partial charge in [0.25, 0.3) is 5.91 Å². The molecule has 1 aromatic carbocycles. The summed E-state index contributed by atoms with van der Waals surface area (Å²) in [4.78, 5) is 14.2. The van der Waals surface area contributed by atoms with Crippen LogP contribution in [-0.2, 0) is 0 Å². The highest BCUT2D eigenvalue weighted by atomic mass is 16.1. The van der Waals surface area contributed by atoms with Gasteiger partial charge in [-0.05, 0) is 44.4 Å². The molecule has 18 heavy (non-hydrogen) atoms. The Hall–Kier alpha value is -1.71. The first-order chi connectivity index (χ1) is 8.72. The highest BCUT2D eigenvalue weighted by Crippen LogP contribution is 2.24. The molecule has 0 spiro atoms. The van der Waals surface area contributed by atoms with Gasteiger partial charge in [-0.2, -0.15) is 0 Å². The monoisotopic (exact) mass is 247 g/mol. The lowest BCUT2D eigenvalue weighted by molar-refractivity contribution is 0.0956. The van der Waals surface area contributed by atoms with Gasteiger partial charge in [0.1, 0.15) is 0 Å². The Bertz CT molecular complexity index is 425. The fourth-order valence-electron chi connectivity index (χ4n) is 2.35. The maximum Gasteiger partial charge on any atom is 0.253 e. The second-order valence-corrected chi connectivity index (χ2v) is 4.68. The summed E-state index contributed by atoms with van der Waals surface area (Å²) in [5, 5.41) is 2.80. The van der Waals surface area contributed by atoms with Crippen LogP contribution in [0, 0.1) is 0 Å². The number of nitrogens with two attached hydrogens (primary N) is 1. The van der Waals surface area contributed by atoms with Crippen molar-refractivity contribution in [2.75, 3.05) is 30.3 Å². The van der Waals surface area contributed by atoms with Crippen molar-refractivity contribution in [3.63, 3.8) is 0 Å². The minimum absolute atomic E-state index is 0.0890. The largest absolute Gasteiger partial charge is 0.398 e. The Morgan fingerprint density at radius 2 is 2.06 bits per heavy atom. The van der Waals surface area contributed by atoms with Gasteiger partial charge in [-0.3, -0.25) is 4.79 Å². The molecule has 3 N–H and O–H groups in total. The highest BCUT2D eigenvalue weighted by molar-refractivity contribution is 6.00. The zero-order chi connectivity index (χ0) is 13.0. The Labute approximate surface area is 108 Å². The van der Waals surface area contributed by atoms with Crippen molar-refractivity contribution in [3.8, 4) is 0 Å². The highest BCUT2D eigenvalue weighted by Gasteiger charge is 2.14. The minimum atomic E-state index is -0.0890. The van der Waals surface area contributed by atoms with Gasteiger partial charge < -0.3 is 16.0 Å². The molecule has 1 heterocycles. The molecular weight excluding hydrogens is 226 g/mol. The van der Waals surface area contributed by atoms with E-state index < -0.39 is 0 Å². The smallest absolute Gasteiger partial charge is 0.253 e. The number of benzene rings is 1. The first-order valence-electron chi connectivity index (χ1n) is 6.65. The summed E-state index contributed by atoms with van der Waals surface area (Å²) in [6.45, 7) is 4.66. The summed E-state index contributed by atoms with van der Waals surface area (Å²) in [6.07, 6.45) is 3.75. The molecule has 0 atom stereocenters. The number of nitrogens with one attached hydrogen (secondary N) is 1. The van der Waals surface area contributed by atoms with E-state index in [1.54, 1.807) is 0 Å². The van der Waals surface area contributed by atoms with Crippen molar-refractivity contribution in [2.24, 2.45) is 0 Å². The molecule has 0 aromatic heterocycles. The van der Waals surface area contributed by atoms with Crippen LogP contribution in [0.3, 0.4) is 0 Å². The van der Waals surface area contributed by atoms with E-state index in [4.69, 9.17) is 5.73 Å². The van der Waals surface area contributed by atoms with Crippen LogP contribution in [0.4, 0.5) is 11.4 Å². The number of nitrogens with zero attached hydrogens (tertiary/aromatic N) is 1. The van der Waals surface area contributed by atoms with Gasteiger partial charge in [0.2, 0.25) is 0 Å². The predicted octanol–water partition coefficient (Wildman–Crippen LogP) is 2.01. The first-order valence-corrected chi connectivity index (χ1v) is 6.65. The van der Waals surface area contributed by atoms with Crippen LogP contribution in [-0.4, -0.2) is 25.5 Å². The molecule has 1 saturated heterocycles. The van der Waals surface area contributed by atoms with Crippen LogP contribution in [0.25, 0.3) is 0 Å². The summed E-state index contributed by atoms with van der Waals surface area (Å²) >= 11 is 0. The summed E-state index contributed by atoms with van der Waals surface area (Å²) in [7, 11) is 0. The molecule has 0 bridgehead atoms. The standard InChI is InChI=1S/C14H21N3O/c1-2-16-14(18)12-10-11(6-7-13(12)15)17-8-4-3-5-9-17/h6-7,10H,2-5,8-9,15H2,1H3,(H,16,18). The Kier molecular flexibility index (Phi) is 4.07. The minimum Gasteiger partial charge on any atom is -0.398 e. The number of carbonyl (C=O) groups excluding carboxylic acids is 1. The number of amides is 1. The van der Waals surface area contributed by atoms with E-state index in [2.05, 4.69) is 10.2 Å². The molecule has 0 saturated carbocycles. The third-order valence-electron chi connectivity index (χ3n) is 3.34. The second-order valence-electron chi connectivity index (χ2n) is 4.68. The molecule has 0 unspecified atom stereocenters. The van der Waals surface area contributed by atoms with Gasteiger partial charge in [-0.15, -0.1) is 0 Å². The van der Waals surface area contributed by atoms with Crippen molar-refractivity contribution in [3.05, 3.63) is 23.8 Å². The molecule has 4 heteroatoms. The maximum absolute atomic E-state index is 11.9. The quantitative estimate of drug-likeness (QED) is 0.803. The molecule has 1 aromatic rings. The van der Waals surface area contributed by atoms with Gasteiger partial charge in [0, 0.05) is 31.0 Å². The zero-order valence-electron chi connectivity index (χ0n) is 10.9. The molecule has 1 fully saturated rings. The van der Waals surface area contributed by atoms with E-state index in [0.29, 0.717) is 17.8 Å². The number of piperidine rings is 1. The van der Waals surface area contributed by atoms with Crippen molar-refractivity contribution < 1.29 is 4.79 Å². The predicted molar refractivity (Wildman–Crippen MR) is 74.9 cm³/mol. The van der Waals surface area contributed by atoms with Crippen molar-refractivity contribution in [1.82, 2.24) is 5.32 Å². The average Bonchev–Trinajstić information content (AvgIpc) is 2.40. The van der Waals surface area contributed by atoms with E-state index in [0.717, 1.165) is 18.8 Å². The summed E-state index contributed by atoms with van der Waals surface area (Å²) in [5.74, 6) is -0.0890. The number of rotatable bonds is 3. The molecule has 1 aliphatic rings. The summed E-state index contributed by atoms with van der Waals surface area (Å²) < 4.78 is 0. The van der Waals surface area contributed by atoms with Crippen molar-refractivity contribution in [2.45, 2.75) is 26.2 Å². The molecular formula is C14H21N3O. The third-order valence-corrected chi connectivity index (χ3v) is 3.34. The first kappa shape index (κ1) is 12.7. The normalized spacial score (nSPS) is 15.5. The number of hydrogen-bond acceptors (Lipinski definition) is 3. The number of nitrogen functional groups attached to an aromatic ring is 1. The van der Waals surface area contributed by atoms with Gasteiger partial charge in [-0.1, -0.05) is 0 Å². The summed E-state index contributed by atoms with van der Waals surface area (Å²) in [5.41, 5.74) is 8.10. The molecule has 0 aliphatic carbocycles. The Balaban J connectivity index is 2.22. The number of hydrogen-bond donors (Lipinski definition) is 2. The zero-order valence-corrected chi connectivity index (χ0v) is 10.9. The molecule has 2 rings (SSSR count). The number of anilines is 2. The van der Waals surface area contributed by atoms with E-state index in [1.165, 1.54) is 19.3 Å². The van der Waals surface area contributed by atoms with Crippen LogP contribution in [0.1, 0.15) is 36.5 Å². The molecule has 4 nitrogen and oxygen atoms in total. The van der Waals surface area contributed by atoms with Crippen molar-refractivity contribution >= 4 is 17.3 Å². The summed E-state index contributed by atoms with van der Waals surface area (Å²) in [6, 6.07) is 5.74. The lowest BCUT2D eigenvalue weighted by Crippen LogP contribution is -2.30. The van der Waals surface area contributed by atoms with Crippen LogP contribution in [0.5, 0.6) is 0 Å². The average molecular weight is 247 g/mol. The van der Waals surface area contributed by atoms with E-state index >= 15 is 0 Å². The lowest BCUT2D eigenvalue weighted by Gasteiger charge is -2.29. The van der Waals surface area contributed by atoms with Gasteiger partial charge in [-0.25, -0.2) is 0 Å². The SMILES string of the molecule is CCNC(=O)c1cc(N2CCCCC2)ccc1N. The van der Waals surface area contributed by atoms with Gasteiger partial charge >= 0.3 is 0 Å². The third kappa shape index (κ3) is 2.75. The van der Waals surface area contributed by atoms with E-state index in [1.807, 2.05) is 25.1 Å². The lowest BCUT2D eigenvalue weighted by atomic mass is 10.1.